The van der Waals surface area contributed by atoms with Crippen LogP contribution in [0.1, 0.15) is 58.6 Å². The summed E-state index contributed by atoms with van der Waals surface area (Å²) in [4.78, 5) is 28.2. The van der Waals surface area contributed by atoms with Crippen molar-refractivity contribution in [2.45, 2.75) is 70.8 Å². The lowest BCUT2D eigenvalue weighted by Crippen LogP contribution is -2.49. The molecule has 2 aromatic rings. The number of rotatable bonds is 13. The summed E-state index contributed by atoms with van der Waals surface area (Å²) < 4.78 is 37.7. The number of anilines is 1. The summed E-state index contributed by atoms with van der Waals surface area (Å²) >= 11 is 0. The van der Waals surface area contributed by atoms with E-state index in [0.29, 0.717) is 31.7 Å². The van der Waals surface area contributed by atoms with Crippen LogP contribution in [-0.4, -0.2) is 115 Å². The quantitative estimate of drug-likeness (QED) is 0.240. The Morgan fingerprint density at radius 2 is 1.51 bits per heavy atom. The molecule has 0 bridgehead atoms. The summed E-state index contributed by atoms with van der Waals surface area (Å²) in [7, 11) is 0. The summed E-state index contributed by atoms with van der Waals surface area (Å²) in [5, 5.41) is 24.6. The number of carboxylic acid groups (broad SMARTS) is 1. The lowest BCUT2D eigenvalue weighted by Gasteiger charge is -2.36. The Morgan fingerprint density at radius 1 is 0.918 bits per heavy atom. The minimum Gasteiger partial charge on any atom is -0.491 e. The van der Waals surface area contributed by atoms with Gasteiger partial charge in [0, 0.05) is 50.0 Å². The van der Waals surface area contributed by atoms with Crippen LogP contribution in [-0.2, 0) is 9.59 Å². The zero-order chi connectivity index (χ0) is 36.0. The van der Waals surface area contributed by atoms with Crippen LogP contribution >= 0.6 is 0 Å². The lowest BCUT2D eigenvalue weighted by molar-refractivity contribution is -0.192. The normalized spacial score (nSPS) is 17.8. The molecule has 274 valence electrons. The number of carbonyl (C=O) groups excluding carboxylic acids is 1. The third-order valence-corrected chi connectivity index (χ3v) is 8.58. The Morgan fingerprint density at radius 3 is 2.04 bits per heavy atom. The third-order valence-electron chi connectivity index (χ3n) is 8.58. The molecule has 2 saturated heterocycles. The maximum atomic E-state index is 12.3. The first kappa shape index (κ1) is 40.0. The van der Waals surface area contributed by atoms with Crippen molar-refractivity contribution in [2.75, 3.05) is 70.4 Å². The number of β-amino-alcohol motifs (C(OH)–C–C–N with tert-alkyl or cyclic N) is 1. The second-order valence-corrected chi connectivity index (χ2v) is 13.8. The number of amides is 1. The van der Waals surface area contributed by atoms with Crippen molar-refractivity contribution in [1.29, 1.82) is 0 Å². The van der Waals surface area contributed by atoms with Gasteiger partial charge in [0.1, 0.15) is 18.5 Å². The van der Waals surface area contributed by atoms with Crippen LogP contribution in [0.25, 0.3) is 0 Å². The minimum absolute atomic E-state index is 0.115. The average Bonchev–Trinajstić information content (AvgIpc) is 3.05. The molecule has 2 aliphatic heterocycles. The first-order chi connectivity index (χ1) is 23.1. The van der Waals surface area contributed by atoms with E-state index in [1.807, 2.05) is 39.0 Å². The molecule has 2 aliphatic rings. The SMILES string of the molecule is CCC(NCC1CCN(CC(=O)NC(C)(C)C)CC1)c1ccc(OCC(O)CN2CCN(c3ccccc3)CC2)cc1.O=C(O)C(F)(F)F. The molecule has 0 aromatic heterocycles. The van der Waals surface area contributed by atoms with Crippen molar-refractivity contribution in [2.24, 2.45) is 5.92 Å². The number of hydrogen-bond donors (Lipinski definition) is 4. The molecule has 2 atom stereocenters. The molecule has 2 fully saturated rings. The third kappa shape index (κ3) is 14.9. The largest absolute Gasteiger partial charge is 0.491 e. The van der Waals surface area contributed by atoms with Crippen molar-refractivity contribution in [1.82, 2.24) is 20.4 Å². The molecule has 0 saturated carbocycles. The van der Waals surface area contributed by atoms with Crippen LogP contribution in [0.2, 0.25) is 0 Å². The van der Waals surface area contributed by atoms with Gasteiger partial charge in [-0.1, -0.05) is 37.3 Å². The van der Waals surface area contributed by atoms with Gasteiger partial charge in [-0.05, 0) is 95.4 Å². The number of benzene rings is 2. The van der Waals surface area contributed by atoms with Gasteiger partial charge < -0.3 is 30.5 Å². The first-order valence-corrected chi connectivity index (χ1v) is 17.1. The fourth-order valence-electron chi connectivity index (χ4n) is 5.98. The molecule has 2 heterocycles. The first-order valence-electron chi connectivity index (χ1n) is 17.1. The summed E-state index contributed by atoms with van der Waals surface area (Å²) in [5.74, 6) is -1.21. The number of carboxylic acids is 1. The van der Waals surface area contributed by atoms with Gasteiger partial charge in [0.15, 0.2) is 0 Å². The Hall–Kier alpha value is -3.39. The topological polar surface area (TPSA) is 118 Å². The second kappa shape index (κ2) is 19.1. The number of hydrogen-bond acceptors (Lipinski definition) is 8. The molecule has 2 unspecified atom stereocenters. The number of aliphatic carboxylic acids is 1. The molecular weight excluding hydrogens is 639 g/mol. The Balaban J connectivity index is 0.000000838. The van der Waals surface area contributed by atoms with Crippen LogP contribution in [0, 0.1) is 5.92 Å². The number of nitrogens with zero attached hydrogens (tertiary/aromatic N) is 3. The molecule has 0 aliphatic carbocycles. The fourth-order valence-corrected chi connectivity index (χ4v) is 5.98. The number of likely N-dealkylation sites (tertiary alicyclic amines) is 1. The Kier molecular flexibility index (Phi) is 15.6. The number of ether oxygens (including phenoxy) is 1. The van der Waals surface area contributed by atoms with Gasteiger partial charge >= 0.3 is 12.1 Å². The van der Waals surface area contributed by atoms with Crippen LogP contribution < -0.4 is 20.3 Å². The van der Waals surface area contributed by atoms with Gasteiger partial charge in [-0.2, -0.15) is 13.2 Å². The lowest BCUT2D eigenvalue weighted by atomic mass is 9.95. The van der Waals surface area contributed by atoms with Crippen molar-refractivity contribution in [3.63, 3.8) is 0 Å². The molecule has 13 heteroatoms. The minimum atomic E-state index is -5.08. The van der Waals surface area contributed by atoms with Crippen molar-refractivity contribution < 1.29 is 37.7 Å². The molecule has 4 N–H and O–H groups in total. The molecule has 0 radical (unpaired) electrons. The van der Waals surface area contributed by atoms with Gasteiger partial charge in [-0.25, -0.2) is 4.79 Å². The zero-order valence-corrected chi connectivity index (χ0v) is 29.2. The number of alkyl halides is 3. The van der Waals surface area contributed by atoms with E-state index in [1.54, 1.807) is 0 Å². The smallest absolute Gasteiger partial charge is 0.490 e. The maximum Gasteiger partial charge on any atom is 0.490 e. The number of halogens is 3. The molecule has 4 rings (SSSR count). The highest BCUT2D eigenvalue weighted by molar-refractivity contribution is 5.78. The van der Waals surface area contributed by atoms with E-state index in [0.717, 1.165) is 70.8 Å². The summed E-state index contributed by atoms with van der Waals surface area (Å²) in [6, 6.07) is 19.2. The average molecular weight is 694 g/mol. The molecule has 1 amide bonds. The van der Waals surface area contributed by atoms with E-state index in [4.69, 9.17) is 14.6 Å². The molecule has 49 heavy (non-hydrogen) atoms. The fraction of sp³-hybridized carbons (Fsp3) is 0.611. The van der Waals surface area contributed by atoms with E-state index in [9.17, 15) is 23.1 Å². The number of piperazine rings is 1. The number of piperidine rings is 1. The van der Waals surface area contributed by atoms with Gasteiger partial charge in [-0.15, -0.1) is 0 Å². The molecule has 2 aromatic carbocycles. The summed E-state index contributed by atoms with van der Waals surface area (Å²) in [6.45, 7) is 16.5. The van der Waals surface area contributed by atoms with Gasteiger partial charge in [0.25, 0.3) is 0 Å². The number of nitrogens with one attached hydrogen (secondary N) is 2. The van der Waals surface area contributed by atoms with Gasteiger partial charge in [0.2, 0.25) is 5.91 Å². The van der Waals surface area contributed by atoms with Crippen LogP contribution in [0.5, 0.6) is 5.75 Å². The number of carbonyl (C=O) groups is 2. The summed E-state index contributed by atoms with van der Waals surface area (Å²) in [5.41, 5.74) is 2.35. The predicted octanol–water partition coefficient (Wildman–Crippen LogP) is 4.55. The highest BCUT2D eigenvalue weighted by Crippen LogP contribution is 2.23. The Labute approximate surface area is 288 Å². The number of aliphatic hydroxyl groups excluding tert-OH is 1. The van der Waals surface area contributed by atoms with E-state index in [2.05, 4.69) is 68.7 Å². The Bertz CT molecular complexity index is 1260. The van der Waals surface area contributed by atoms with Crippen molar-refractivity contribution in [3.05, 3.63) is 60.2 Å². The van der Waals surface area contributed by atoms with Crippen molar-refractivity contribution >= 4 is 17.6 Å². The predicted molar refractivity (Wildman–Crippen MR) is 185 cm³/mol. The van der Waals surface area contributed by atoms with Gasteiger partial charge in [0.05, 0.1) is 6.54 Å². The highest BCUT2D eigenvalue weighted by atomic mass is 19.4. The number of aliphatic hydroxyl groups is 1. The van der Waals surface area contributed by atoms with E-state index in [-0.39, 0.29) is 11.4 Å². The van der Waals surface area contributed by atoms with E-state index >= 15 is 0 Å². The van der Waals surface area contributed by atoms with Crippen molar-refractivity contribution in [3.8, 4) is 5.75 Å². The van der Waals surface area contributed by atoms with Crippen LogP contribution in [0.4, 0.5) is 18.9 Å². The van der Waals surface area contributed by atoms with Gasteiger partial charge in [-0.3, -0.25) is 14.6 Å². The van der Waals surface area contributed by atoms with E-state index < -0.39 is 18.2 Å². The second-order valence-electron chi connectivity index (χ2n) is 13.8. The molecule has 10 nitrogen and oxygen atoms in total. The maximum absolute atomic E-state index is 12.3. The summed E-state index contributed by atoms with van der Waals surface area (Å²) in [6.07, 6.45) is -2.35. The standard InChI is InChI=1S/C34H53N5O3.C2HF3O2/c1-5-32(35-23-27-15-17-37(18-16-27)25-33(41)36-34(2,3)4)28-11-13-31(14-12-28)42-26-30(40)24-38-19-21-39(22-20-38)29-9-7-6-8-10-29;3-2(4,5)1(6)7/h6-14,27,30,32,35,40H,5,15-26H2,1-4H3,(H,36,41);(H,6,7). The molecule has 0 spiro atoms. The number of para-hydroxylation sites is 1. The van der Waals surface area contributed by atoms with E-state index in [1.165, 1.54) is 11.3 Å². The molecular formula is C36H54F3N5O5. The van der Waals surface area contributed by atoms with Crippen LogP contribution in [0.15, 0.2) is 54.6 Å². The highest BCUT2D eigenvalue weighted by Gasteiger charge is 2.38. The monoisotopic (exact) mass is 693 g/mol. The zero-order valence-electron chi connectivity index (χ0n) is 29.2. The van der Waals surface area contributed by atoms with Crippen LogP contribution in [0.3, 0.4) is 0 Å².